The van der Waals surface area contributed by atoms with Gasteiger partial charge in [0.05, 0.1) is 17.3 Å². The second-order valence-electron chi connectivity index (χ2n) is 4.35. The fourth-order valence-electron chi connectivity index (χ4n) is 2.46. The van der Waals surface area contributed by atoms with E-state index in [0.717, 1.165) is 29.7 Å². The number of aromatic amines is 1. The number of nitrogens with one attached hydrogen (secondary N) is 1. The van der Waals surface area contributed by atoms with Crippen LogP contribution in [0.2, 0.25) is 0 Å². The van der Waals surface area contributed by atoms with Gasteiger partial charge in [-0.1, -0.05) is 0 Å². The lowest BCUT2D eigenvalue weighted by molar-refractivity contribution is 0.100. The van der Waals surface area contributed by atoms with Gasteiger partial charge in [0.2, 0.25) is 0 Å². The fourth-order valence-corrected chi connectivity index (χ4v) is 2.46. The number of benzene rings is 1. The number of hydrogen-bond donors (Lipinski definition) is 2. The van der Waals surface area contributed by atoms with E-state index in [4.69, 9.17) is 5.73 Å². The molecule has 0 bridgehead atoms. The van der Waals surface area contributed by atoms with Crippen LogP contribution >= 0.6 is 0 Å². The highest BCUT2D eigenvalue weighted by Crippen LogP contribution is 2.30. The Morgan fingerprint density at radius 3 is 2.82 bits per heavy atom. The van der Waals surface area contributed by atoms with Crippen LogP contribution in [0.3, 0.4) is 0 Å². The molecule has 0 radical (unpaired) electrons. The molecule has 1 aromatic carbocycles. The molecular weight excluding hydrogens is 216 g/mol. The van der Waals surface area contributed by atoms with Crippen molar-refractivity contribution < 1.29 is 4.79 Å². The van der Waals surface area contributed by atoms with Crippen molar-refractivity contribution >= 4 is 22.5 Å². The van der Waals surface area contributed by atoms with Gasteiger partial charge in [0, 0.05) is 24.2 Å². The van der Waals surface area contributed by atoms with Crippen molar-refractivity contribution in [1.29, 1.82) is 0 Å². The highest BCUT2D eigenvalue weighted by molar-refractivity contribution is 6.08. The molecular formula is C12H14N4O. The van der Waals surface area contributed by atoms with E-state index in [0.29, 0.717) is 5.56 Å². The van der Waals surface area contributed by atoms with Crippen molar-refractivity contribution in [3.05, 3.63) is 23.9 Å². The summed E-state index contributed by atoms with van der Waals surface area (Å²) in [6.07, 6.45) is 4.20. The summed E-state index contributed by atoms with van der Waals surface area (Å²) < 4.78 is 0. The average molecular weight is 230 g/mol. The molecule has 1 saturated heterocycles. The van der Waals surface area contributed by atoms with Crippen LogP contribution in [-0.2, 0) is 0 Å². The van der Waals surface area contributed by atoms with E-state index in [1.165, 1.54) is 12.8 Å². The predicted octanol–water partition coefficient (Wildman–Crippen LogP) is 1.26. The summed E-state index contributed by atoms with van der Waals surface area (Å²) in [5, 5.41) is 7.85. The first-order chi connectivity index (χ1) is 8.27. The van der Waals surface area contributed by atoms with Crippen molar-refractivity contribution in [2.45, 2.75) is 12.8 Å². The summed E-state index contributed by atoms with van der Waals surface area (Å²) in [6, 6.07) is 3.74. The molecule has 0 atom stereocenters. The number of nitrogens with two attached hydrogens (primary N) is 1. The highest BCUT2D eigenvalue weighted by atomic mass is 16.1. The standard InChI is InChI=1S/C12H14N4O/c13-12(17)8-3-4-10(16-5-1-2-6-16)9-7-14-15-11(8)9/h3-4,7H,1-2,5-6H2,(H2,13,17)(H,14,15). The molecule has 88 valence electrons. The van der Waals surface area contributed by atoms with Crippen LogP contribution in [0.25, 0.3) is 10.9 Å². The van der Waals surface area contributed by atoms with Gasteiger partial charge in [0.15, 0.2) is 0 Å². The van der Waals surface area contributed by atoms with Gasteiger partial charge in [-0.15, -0.1) is 0 Å². The number of rotatable bonds is 2. The van der Waals surface area contributed by atoms with E-state index in [1.807, 2.05) is 6.07 Å². The molecule has 1 fully saturated rings. The lowest BCUT2D eigenvalue weighted by Gasteiger charge is -2.18. The molecule has 1 aliphatic heterocycles. The van der Waals surface area contributed by atoms with Crippen LogP contribution in [-0.4, -0.2) is 29.2 Å². The maximum absolute atomic E-state index is 11.3. The molecule has 0 aliphatic carbocycles. The molecule has 0 unspecified atom stereocenters. The topological polar surface area (TPSA) is 75.0 Å². The molecule has 1 aromatic heterocycles. The summed E-state index contributed by atoms with van der Waals surface area (Å²) in [5.41, 5.74) is 7.72. The van der Waals surface area contributed by atoms with Gasteiger partial charge < -0.3 is 10.6 Å². The lowest BCUT2D eigenvalue weighted by Crippen LogP contribution is -2.18. The van der Waals surface area contributed by atoms with Crippen molar-refractivity contribution in [2.75, 3.05) is 18.0 Å². The Bertz CT molecular complexity index is 569. The number of anilines is 1. The predicted molar refractivity (Wildman–Crippen MR) is 66.1 cm³/mol. The maximum atomic E-state index is 11.3. The normalized spacial score (nSPS) is 15.6. The second-order valence-corrected chi connectivity index (χ2v) is 4.35. The number of aromatic nitrogens is 2. The van der Waals surface area contributed by atoms with Gasteiger partial charge in [-0.25, -0.2) is 0 Å². The molecule has 2 aromatic rings. The lowest BCUT2D eigenvalue weighted by atomic mass is 10.1. The van der Waals surface area contributed by atoms with E-state index in [-0.39, 0.29) is 0 Å². The van der Waals surface area contributed by atoms with E-state index in [2.05, 4.69) is 15.1 Å². The van der Waals surface area contributed by atoms with Gasteiger partial charge in [-0.05, 0) is 25.0 Å². The molecule has 1 amide bonds. The Labute approximate surface area is 98.6 Å². The van der Waals surface area contributed by atoms with Crippen molar-refractivity contribution in [3.63, 3.8) is 0 Å². The Kier molecular flexibility index (Phi) is 2.24. The van der Waals surface area contributed by atoms with Crippen molar-refractivity contribution in [1.82, 2.24) is 10.2 Å². The number of amides is 1. The number of carbonyl (C=O) groups is 1. The van der Waals surface area contributed by atoms with E-state index < -0.39 is 5.91 Å². The zero-order valence-electron chi connectivity index (χ0n) is 9.44. The van der Waals surface area contributed by atoms with Gasteiger partial charge in [0.1, 0.15) is 0 Å². The maximum Gasteiger partial charge on any atom is 0.250 e. The summed E-state index contributed by atoms with van der Waals surface area (Å²) in [7, 11) is 0. The molecule has 3 N–H and O–H groups in total. The Balaban J connectivity index is 2.17. The highest BCUT2D eigenvalue weighted by Gasteiger charge is 2.18. The number of primary amides is 1. The van der Waals surface area contributed by atoms with Gasteiger partial charge in [0.25, 0.3) is 5.91 Å². The quantitative estimate of drug-likeness (QED) is 0.815. The number of nitrogens with zero attached hydrogens (tertiary/aromatic N) is 2. The smallest absolute Gasteiger partial charge is 0.250 e. The molecule has 1 aliphatic rings. The molecule has 2 heterocycles. The molecule has 0 saturated carbocycles. The third-order valence-corrected chi connectivity index (χ3v) is 3.30. The third-order valence-electron chi connectivity index (χ3n) is 3.30. The molecule has 5 heteroatoms. The molecule has 3 rings (SSSR count). The summed E-state index contributed by atoms with van der Waals surface area (Å²) >= 11 is 0. The van der Waals surface area contributed by atoms with Gasteiger partial charge >= 0.3 is 0 Å². The first kappa shape index (κ1) is 10.1. The van der Waals surface area contributed by atoms with Crippen molar-refractivity contribution in [2.24, 2.45) is 5.73 Å². The van der Waals surface area contributed by atoms with Crippen LogP contribution in [0.4, 0.5) is 5.69 Å². The largest absolute Gasteiger partial charge is 0.371 e. The first-order valence-corrected chi connectivity index (χ1v) is 5.78. The summed E-state index contributed by atoms with van der Waals surface area (Å²) in [5.74, 6) is -0.424. The molecule has 17 heavy (non-hydrogen) atoms. The van der Waals surface area contributed by atoms with E-state index >= 15 is 0 Å². The van der Waals surface area contributed by atoms with Crippen LogP contribution in [0, 0.1) is 0 Å². The minimum atomic E-state index is -0.424. The zero-order chi connectivity index (χ0) is 11.8. The minimum absolute atomic E-state index is 0.424. The fraction of sp³-hybridized carbons (Fsp3) is 0.333. The van der Waals surface area contributed by atoms with E-state index in [1.54, 1.807) is 12.3 Å². The van der Waals surface area contributed by atoms with Gasteiger partial charge in [-0.3, -0.25) is 9.89 Å². The first-order valence-electron chi connectivity index (χ1n) is 5.78. The molecule has 0 spiro atoms. The zero-order valence-corrected chi connectivity index (χ0v) is 9.44. The Morgan fingerprint density at radius 2 is 2.12 bits per heavy atom. The van der Waals surface area contributed by atoms with Crippen LogP contribution in [0.5, 0.6) is 0 Å². The third kappa shape index (κ3) is 1.54. The minimum Gasteiger partial charge on any atom is -0.371 e. The van der Waals surface area contributed by atoms with Crippen molar-refractivity contribution in [3.8, 4) is 0 Å². The van der Waals surface area contributed by atoms with Crippen LogP contribution in [0.1, 0.15) is 23.2 Å². The van der Waals surface area contributed by atoms with E-state index in [9.17, 15) is 4.79 Å². The van der Waals surface area contributed by atoms with Gasteiger partial charge in [-0.2, -0.15) is 5.10 Å². The Hall–Kier alpha value is -2.04. The molecule has 5 nitrogen and oxygen atoms in total. The van der Waals surface area contributed by atoms with Crippen LogP contribution < -0.4 is 10.6 Å². The second kappa shape index (κ2) is 3.76. The van der Waals surface area contributed by atoms with Crippen LogP contribution in [0.15, 0.2) is 18.3 Å². The Morgan fingerprint density at radius 1 is 1.35 bits per heavy atom. The monoisotopic (exact) mass is 230 g/mol. The number of hydrogen-bond acceptors (Lipinski definition) is 3. The summed E-state index contributed by atoms with van der Waals surface area (Å²) in [4.78, 5) is 13.6. The summed E-state index contributed by atoms with van der Waals surface area (Å²) in [6.45, 7) is 2.13. The SMILES string of the molecule is NC(=O)c1ccc(N2CCCC2)c2cn[nH]c12. The number of carbonyl (C=O) groups excluding carboxylic acids is 1. The number of H-pyrrole nitrogens is 1. The average Bonchev–Trinajstić information content (AvgIpc) is 2.98. The number of fused-ring (bicyclic) bond motifs is 1.